The van der Waals surface area contributed by atoms with Crippen molar-refractivity contribution >= 4 is 39.0 Å². The highest BCUT2D eigenvalue weighted by Gasteiger charge is 2.21. The van der Waals surface area contributed by atoms with Gasteiger partial charge in [-0.3, -0.25) is 0 Å². The Kier molecular flexibility index (Phi) is 4.55. The van der Waals surface area contributed by atoms with Crippen molar-refractivity contribution in [2.24, 2.45) is 5.73 Å². The van der Waals surface area contributed by atoms with Crippen molar-refractivity contribution < 1.29 is 0 Å². The molecule has 2 N–H and O–H groups in total. The first-order valence-corrected chi connectivity index (χ1v) is 8.00. The summed E-state index contributed by atoms with van der Waals surface area (Å²) in [6, 6.07) is 2.21. The fourth-order valence-corrected chi connectivity index (χ4v) is 5.15. The van der Waals surface area contributed by atoms with E-state index in [0.717, 1.165) is 11.8 Å². The van der Waals surface area contributed by atoms with Gasteiger partial charge in [-0.1, -0.05) is 12.8 Å². The molecule has 1 aromatic rings. The lowest BCUT2D eigenvalue weighted by atomic mass is 10.3. The van der Waals surface area contributed by atoms with Gasteiger partial charge in [0, 0.05) is 26.5 Å². The van der Waals surface area contributed by atoms with Gasteiger partial charge in [0.25, 0.3) is 0 Å². The molecule has 0 aromatic carbocycles. The fourth-order valence-electron chi connectivity index (χ4n) is 1.99. The quantitative estimate of drug-likeness (QED) is 0.903. The number of halogens is 1. The Morgan fingerprint density at radius 2 is 2.27 bits per heavy atom. The molecule has 1 nitrogen and oxygen atoms in total. The second-order valence-corrected chi connectivity index (χ2v) is 7.30. The van der Waals surface area contributed by atoms with Crippen LogP contribution in [-0.4, -0.2) is 11.8 Å². The van der Waals surface area contributed by atoms with E-state index in [1.165, 1.54) is 35.0 Å². The molecule has 1 atom stereocenters. The maximum absolute atomic E-state index is 5.86. The molecule has 84 valence electrons. The van der Waals surface area contributed by atoms with Crippen molar-refractivity contribution in [2.45, 2.75) is 36.2 Å². The number of rotatable bonds is 4. The van der Waals surface area contributed by atoms with Crippen molar-refractivity contribution in [1.29, 1.82) is 0 Å². The van der Waals surface area contributed by atoms with Gasteiger partial charge in [0.15, 0.2) is 0 Å². The van der Waals surface area contributed by atoms with Crippen LogP contribution in [-0.2, 0) is 0 Å². The Morgan fingerprint density at radius 1 is 1.53 bits per heavy atom. The maximum atomic E-state index is 5.86. The molecule has 0 radical (unpaired) electrons. The minimum absolute atomic E-state index is 0.504. The third kappa shape index (κ3) is 3.22. The van der Waals surface area contributed by atoms with Crippen LogP contribution in [0, 0.1) is 0 Å². The Labute approximate surface area is 108 Å². The topological polar surface area (TPSA) is 26.0 Å². The lowest BCUT2D eigenvalue weighted by Gasteiger charge is -2.17. The van der Waals surface area contributed by atoms with E-state index in [0.29, 0.717) is 5.25 Å². The molecule has 0 amide bonds. The van der Waals surface area contributed by atoms with Crippen molar-refractivity contribution in [3.8, 4) is 0 Å². The van der Waals surface area contributed by atoms with Crippen LogP contribution in [0.3, 0.4) is 0 Å². The smallest absolute Gasteiger partial charge is 0.0516 e. The molecule has 0 aliphatic heterocycles. The van der Waals surface area contributed by atoms with E-state index >= 15 is 0 Å². The van der Waals surface area contributed by atoms with Gasteiger partial charge in [-0.2, -0.15) is 0 Å². The average molecular weight is 306 g/mol. The molecule has 1 saturated carbocycles. The molecule has 1 fully saturated rings. The lowest BCUT2D eigenvalue weighted by Crippen LogP contribution is -2.11. The van der Waals surface area contributed by atoms with Crippen molar-refractivity contribution in [2.75, 3.05) is 6.54 Å². The molecule has 0 spiro atoms. The third-order valence-corrected chi connectivity index (χ3v) is 6.37. The summed E-state index contributed by atoms with van der Waals surface area (Å²) in [5.41, 5.74) is 5.86. The van der Waals surface area contributed by atoms with E-state index in [4.69, 9.17) is 5.73 Å². The Bertz CT molecular complexity index is 307. The van der Waals surface area contributed by atoms with Crippen LogP contribution in [0.5, 0.6) is 0 Å². The highest BCUT2D eigenvalue weighted by molar-refractivity contribution is 9.10. The molecule has 1 aliphatic rings. The molecule has 2 rings (SSSR count). The third-order valence-electron chi connectivity index (χ3n) is 2.78. The number of hydrogen-bond acceptors (Lipinski definition) is 3. The SMILES string of the molecule is NCC(SC1CCCC1)c1cc(Br)cs1. The van der Waals surface area contributed by atoms with Crippen molar-refractivity contribution in [3.05, 3.63) is 20.8 Å². The standard InChI is InChI=1S/C11H16BrNS2/c12-8-5-10(14-7-8)11(6-13)15-9-3-1-2-4-9/h5,7,9,11H,1-4,6,13H2. The van der Waals surface area contributed by atoms with Crippen LogP contribution >= 0.6 is 39.0 Å². The van der Waals surface area contributed by atoms with E-state index in [9.17, 15) is 0 Å². The second-order valence-electron chi connectivity index (χ2n) is 3.93. The lowest BCUT2D eigenvalue weighted by molar-refractivity contribution is 0.879. The zero-order valence-electron chi connectivity index (χ0n) is 8.62. The van der Waals surface area contributed by atoms with E-state index in [1.807, 2.05) is 11.3 Å². The van der Waals surface area contributed by atoms with Gasteiger partial charge in [-0.15, -0.1) is 23.1 Å². The first kappa shape index (κ1) is 12.0. The molecule has 4 heteroatoms. The summed E-state index contributed by atoms with van der Waals surface area (Å²) in [7, 11) is 0. The van der Waals surface area contributed by atoms with Crippen LogP contribution in [0.4, 0.5) is 0 Å². The van der Waals surface area contributed by atoms with Crippen molar-refractivity contribution in [3.63, 3.8) is 0 Å². The number of hydrogen-bond donors (Lipinski definition) is 1. The Morgan fingerprint density at radius 3 is 2.80 bits per heavy atom. The predicted molar refractivity (Wildman–Crippen MR) is 73.7 cm³/mol. The highest BCUT2D eigenvalue weighted by atomic mass is 79.9. The highest BCUT2D eigenvalue weighted by Crippen LogP contribution is 2.41. The summed E-state index contributed by atoms with van der Waals surface area (Å²) < 4.78 is 1.19. The number of thiophene rings is 1. The maximum Gasteiger partial charge on any atom is 0.0516 e. The number of thioether (sulfide) groups is 1. The molecule has 1 heterocycles. The summed E-state index contributed by atoms with van der Waals surface area (Å²) in [4.78, 5) is 1.42. The summed E-state index contributed by atoms with van der Waals surface area (Å²) in [5, 5.41) is 3.50. The minimum atomic E-state index is 0.504. The molecule has 0 bridgehead atoms. The first-order chi connectivity index (χ1) is 7.29. The normalized spacial score (nSPS) is 19.6. The molecule has 1 unspecified atom stereocenters. The number of nitrogens with two attached hydrogens (primary N) is 1. The molecule has 1 aromatic heterocycles. The zero-order chi connectivity index (χ0) is 10.7. The van der Waals surface area contributed by atoms with Gasteiger partial charge in [0.05, 0.1) is 5.25 Å². The van der Waals surface area contributed by atoms with Gasteiger partial charge in [0.1, 0.15) is 0 Å². The van der Waals surface area contributed by atoms with Crippen LogP contribution in [0.2, 0.25) is 0 Å². The van der Waals surface area contributed by atoms with Crippen LogP contribution < -0.4 is 5.73 Å². The van der Waals surface area contributed by atoms with Crippen LogP contribution in [0.1, 0.15) is 35.8 Å². The Balaban J connectivity index is 1.97. The van der Waals surface area contributed by atoms with Gasteiger partial charge in [-0.25, -0.2) is 0 Å². The molecule has 0 saturated heterocycles. The molecule has 15 heavy (non-hydrogen) atoms. The van der Waals surface area contributed by atoms with E-state index in [-0.39, 0.29) is 0 Å². The largest absolute Gasteiger partial charge is 0.329 e. The van der Waals surface area contributed by atoms with E-state index in [1.54, 1.807) is 0 Å². The van der Waals surface area contributed by atoms with Gasteiger partial charge < -0.3 is 5.73 Å². The first-order valence-electron chi connectivity index (χ1n) is 5.39. The summed E-state index contributed by atoms with van der Waals surface area (Å²) in [6.45, 7) is 0.758. The minimum Gasteiger partial charge on any atom is -0.329 e. The van der Waals surface area contributed by atoms with Crippen LogP contribution in [0.25, 0.3) is 0 Å². The summed E-state index contributed by atoms with van der Waals surface area (Å²) in [6.07, 6.45) is 5.58. The average Bonchev–Trinajstić information content (AvgIpc) is 2.85. The van der Waals surface area contributed by atoms with E-state index < -0.39 is 0 Å². The zero-order valence-corrected chi connectivity index (χ0v) is 11.8. The molecular formula is C11H16BrNS2. The van der Waals surface area contributed by atoms with Crippen LogP contribution in [0.15, 0.2) is 15.9 Å². The predicted octanol–water partition coefficient (Wildman–Crippen LogP) is 4.19. The van der Waals surface area contributed by atoms with Gasteiger partial charge >= 0.3 is 0 Å². The van der Waals surface area contributed by atoms with E-state index in [2.05, 4.69) is 39.1 Å². The summed E-state index contributed by atoms with van der Waals surface area (Å²) >= 11 is 7.40. The van der Waals surface area contributed by atoms with Crippen molar-refractivity contribution in [1.82, 2.24) is 0 Å². The second kappa shape index (κ2) is 5.71. The fraction of sp³-hybridized carbons (Fsp3) is 0.636. The molecular weight excluding hydrogens is 290 g/mol. The Hall–Kier alpha value is 0.490. The monoisotopic (exact) mass is 305 g/mol. The van der Waals surface area contributed by atoms with Gasteiger partial charge in [-0.05, 0) is 34.8 Å². The molecule has 1 aliphatic carbocycles. The summed E-state index contributed by atoms with van der Waals surface area (Å²) in [5.74, 6) is 0. The van der Waals surface area contributed by atoms with Gasteiger partial charge in [0.2, 0.25) is 0 Å².